The van der Waals surface area contributed by atoms with Gasteiger partial charge in [0.2, 0.25) is 0 Å². The second-order valence-corrected chi connectivity index (χ2v) is 8.57. The van der Waals surface area contributed by atoms with Crippen LogP contribution in [-0.2, 0) is 16.0 Å². The van der Waals surface area contributed by atoms with Crippen molar-refractivity contribution in [2.75, 3.05) is 6.61 Å². The van der Waals surface area contributed by atoms with Crippen LogP contribution in [0.2, 0.25) is 0 Å². The Morgan fingerprint density at radius 1 is 1.03 bits per heavy atom. The van der Waals surface area contributed by atoms with E-state index in [2.05, 4.69) is 50.2 Å². The molecule has 4 heteroatoms. The standard InChI is InChI=1S/C26H32O4/c1-4-28-26(27)19-9-12-21(13-10-19)29-24-16-20-11-14-23(30-25(20)15-18(24)3)22-8-6-5-7-17(22)2/h5-8,15-16,19,21,23H,4,9-14H2,1-3H3. The molecular weight excluding hydrogens is 376 g/mol. The second kappa shape index (κ2) is 9.11. The largest absolute Gasteiger partial charge is 0.490 e. The van der Waals surface area contributed by atoms with Gasteiger partial charge in [0.15, 0.2) is 0 Å². The molecule has 160 valence electrons. The molecule has 0 bridgehead atoms. The average molecular weight is 409 g/mol. The quantitative estimate of drug-likeness (QED) is 0.580. The van der Waals surface area contributed by atoms with Gasteiger partial charge >= 0.3 is 5.97 Å². The van der Waals surface area contributed by atoms with Crippen LogP contribution in [0.3, 0.4) is 0 Å². The topological polar surface area (TPSA) is 44.8 Å². The molecule has 2 aromatic carbocycles. The van der Waals surface area contributed by atoms with Gasteiger partial charge in [0.05, 0.1) is 18.6 Å². The predicted octanol–water partition coefficient (Wildman–Crippen LogP) is 5.87. The Labute approximate surface area is 179 Å². The molecule has 0 aromatic heterocycles. The van der Waals surface area contributed by atoms with Crippen molar-refractivity contribution in [3.05, 3.63) is 58.7 Å². The first-order valence-corrected chi connectivity index (χ1v) is 11.2. The molecule has 2 aliphatic rings. The normalized spacial score (nSPS) is 23.2. The third-order valence-electron chi connectivity index (χ3n) is 6.43. The van der Waals surface area contributed by atoms with Gasteiger partial charge in [0.1, 0.15) is 17.6 Å². The Hall–Kier alpha value is -2.49. The van der Waals surface area contributed by atoms with E-state index in [1.54, 1.807) is 0 Å². The lowest BCUT2D eigenvalue weighted by Crippen LogP contribution is -2.29. The van der Waals surface area contributed by atoms with Crippen molar-refractivity contribution in [1.82, 2.24) is 0 Å². The van der Waals surface area contributed by atoms with E-state index in [1.807, 2.05) is 6.92 Å². The van der Waals surface area contributed by atoms with Crippen LogP contribution in [-0.4, -0.2) is 18.7 Å². The van der Waals surface area contributed by atoms with Crippen LogP contribution in [0.4, 0.5) is 0 Å². The van der Waals surface area contributed by atoms with Crippen molar-refractivity contribution in [3.8, 4) is 11.5 Å². The molecule has 1 atom stereocenters. The fraction of sp³-hybridized carbons (Fsp3) is 0.500. The Morgan fingerprint density at radius 3 is 2.53 bits per heavy atom. The van der Waals surface area contributed by atoms with Gasteiger partial charge in [-0.15, -0.1) is 0 Å². The molecule has 2 aromatic rings. The molecule has 0 N–H and O–H groups in total. The number of carbonyl (C=O) groups is 1. The molecule has 4 rings (SSSR count). The van der Waals surface area contributed by atoms with E-state index < -0.39 is 0 Å². The summed E-state index contributed by atoms with van der Waals surface area (Å²) in [6.45, 7) is 6.54. The van der Waals surface area contributed by atoms with Crippen molar-refractivity contribution >= 4 is 5.97 Å². The summed E-state index contributed by atoms with van der Waals surface area (Å²) in [5.74, 6) is 1.90. The summed E-state index contributed by atoms with van der Waals surface area (Å²) in [6, 6.07) is 12.8. The molecule has 0 saturated heterocycles. The zero-order valence-corrected chi connectivity index (χ0v) is 18.3. The Balaban J connectivity index is 1.41. The van der Waals surface area contributed by atoms with Crippen LogP contribution >= 0.6 is 0 Å². The monoisotopic (exact) mass is 408 g/mol. The van der Waals surface area contributed by atoms with E-state index in [-0.39, 0.29) is 24.1 Å². The minimum Gasteiger partial charge on any atom is -0.490 e. The summed E-state index contributed by atoms with van der Waals surface area (Å²) in [6.07, 6.45) is 5.71. The van der Waals surface area contributed by atoms with Crippen LogP contribution < -0.4 is 9.47 Å². The summed E-state index contributed by atoms with van der Waals surface area (Å²) in [5, 5.41) is 0. The molecule has 4 nitrogen and oxygen atoms in total. The third kappa shape index (κ3) is 4.48. The summed E-state index contributed by atoms with van der Waals surface area (Å²) in [5.41, 5.74) is 4.88. The number of esters is 1. The minimum atomic E-state index is -0.0544. The Kier molecular flexibility index (Phi) is 6.31. The molecule has 1 aliphatic carbocycles. The van der Waals surface area contributed by atoms with E-state index in [4.69, 9.17) is 14.2 Å². The zero-order chi connectivity index (χ0) is 21.1. The summed E-state index contributed by atoms with van der Waals surface area (Å²) >= 11 is 0. The van der Waals surface area contributed by atoms with Crippen molar-refractivity contribution in [2.45, 2.75) is 71.5 Å². The van der Waals surface area contributed by atoms with Crippen molar-refractivity contribution in [3.63, 3.8) is 0 Å². The lowest BCUT2D eigenvalue weighted by Gasteiger charge is -2.30. The maximum atomic E-state index is 12.0. The van der Waals surface area contributed by atoms with E-state index in [1.165, 1.54) is 16.7 Å². The van der Waals surface area contributed by atoms with Crippen LogP contribution in [0, 0.1) is 19.8 Å². The molecular formula is C26H32O4. The number of hydrogen-bond donors (Lipinski definition) is 0. The number of rotatable bonds is 5. The fourth-order valence-corrected chi connectivity index (χ4v) is 4.66. The van der Waals surface area contributed by atoms with Crippen LogP contribution in [0.15, 0.2) is 36.4 Å². The highest BCUT2D eigenvalue weighted by atomic mass is 16.5. The van der Waals surface area contributed by atoms with Gasteiger partial charge < -0.3 is 14.2 Å². The number of ether oxygens (including phenoxy) is 3. The van der Waals surface area contributed by atoms with Gasteiger partial charge in [-0.3, -0.25) is 4.79 Å². The third-order valence-corrected chi connectivity index (χ3v) is 6.43. The van der Waals surface area contributed by atoms with Gasteiger partial charge in [0.25, 0.3) is 0 Å². The molecule has 0 radical (unpaired) electrons. The summed E-state index contributed by atoms with van der Waals surface area (Å²) < 4.78 is 17.9. The number of fused-ring (bicyclic) bond motifs is 1. The highest BCUT2D eigenvalue weighted by Crippen LogP contribution is 2.40. The lowest BCUT2D eigenvalue weighted by atomic mass is 9.87. The van der Waals surface area contributed by atoms with E-state index in [0.717, 1.165) is 55.6 Å². The number of benzene rings is 2. The van der Waals surface area contributed by atoms with Crippen molar-refractivity contribution in [1.29, 1.82) is 0 Å². The molecule has 1 fully saturated rings. The maximum Gasteiger partial charge on any atom is 0.308 e. The number of aryl methyl sites for hydroxylation is 3. The van der Waals surface area contributed by atoms with Crippen molar-refractivity contribution in [2.24, 2.45) is 5.92 Å². The van der Waals surface area contributed by atoms with Gasteiger partial charge in [-0.25, -0.2) is 0 Å². The average Bonchev–Trinajstić information content (AvgIpc) is 2.75. The van der Waals surface area contributed by atoms with Gasteiger partial charge in [-0.05, 0) is 93.7 Å². The molecule has 1 saturated carbocycles. The highest BCUT2D eigenvalue weighted by Gasteiger charge is 2.29. The van der Waals surface area contributed by atoms with Gasteiger partial charge in [0, 0.05) is 0 Å². The van der Waals surface area contributed by atoms with E-state index in [0.29, 0.717) is 6.61 Å². The smallest absolute Gasteiger partial charge is 0.308 e. The van der Waals surface area contributed by atoms with E-state index >= 15 is 0 Å². The first-order valence-electron chi connectivity index (χ1n) is 11.2. The highest BCUT2D eigenvalue weighted by molar-refractivity contribution is 5.72. The Morgan fingerprint density at radius 2 is 1.80 bits per heavy atom. The van der Waals surface area contributed by atoms with Gasteiger partial charge in [-0.2, -0.15) is 0 Å². The maximum absolute atomic E-state index is 12.0. The van der Waals surface area contributed by atoms with Crippen molar-refractivity contribution < 1.29 is 19.0 Å². The van der Waals surface area contributed by atoms with Crippen LogP contribution in [0.5, 0.6) is 11.5 Å². The SMILES string of the molecule is CCOC(=O)C1CCC(Oc2cc3c(cc2C)OC(c2ccccc2C)CC3)CC1. The first-order chi connectivity index (χ1) is 14.5. The first kappa shape index (κ1) is 20.8. The summed E-state index contributed by atoms with van der Waals surface area (Å²) in [4.78, 5) is 12.0. The molecule has 0 amide bonds. The van der Waals surface area contributed by atoms with Gasteiger partial charge in [-0.1, -0.05) is 24.3 Å². The zero-order valence-electron chi connectivity index (χ0n) is 18.3. The number of carbonyl (C=O) groups excluding carboxylic acids is 1. The number of hydrogen-bond acceptors (Lipinski definition) is 4. The Bertz CT molecular complexity index is 896. The second-order valence-electron chi connectivity index (χ2n) is 8.57. The predicted molar refractivity (Wildman–Crippen MR) is 117 cm³/mol. The molecule has 30 heavy (non-hydrogen) atoms. The van der Waals surface area contributed by atoms with E-state index in [9.17, 15) is 4.79 Å². The molecule has 1 unspecified atom stereocenters. The molecule has 1 heterocycles. The van der Waals surface area contributed by atoms with Crippen LogP contribution in [0.25, 0.3) is 0 Å². The van der Waals surface area contributed by atoms with Crippen LogP contribution in [0.1, 0.15) is 67.4 Å². The molecule has 0 spiro atoms. The summed E-state index contributed by atoms with van der Waals surface area (Å²) in [7, 11) is 0. The minimum absolute atomic E-state index is 0.0289. The lowest BCUT2D eigenvalue weighted by molar-refractivity contribution is -0.149. The fourth-order valence-electron chi connectivity index (χ4n) is 4.66. The molecule has 1 aliphatic heterocycles.